The molecule has 0 atom stereocenters. The zero-order chi connectivity index (χ0) is 15.2. The Labute approximate surface area is 130 Å². The number of rotatable bonds is 7. The molecular weight excluding hydrogens is 278 g/mol. The highest BCUT2D eigenvalue weighted by molar-refractivity contribution is 5.42. The van der Waals surface area contributed by atoms with Gasteiger partial charge in [-0.3, -0.25) is 4.68 Å². The molecule has 0 bridgehead atoms. The lowest BCUT2D eigenvalue weighted by molar-refractivity contribution is 0.208. The molecule has 5 nitrogen and oxygen atoms in total. The molecule has 118 valence electrons. The second-order valence-corrected chi connectivity index (χ2v) is 5.70. The number of para-hydroxylation sites is 1. The van der Waals surface area contributed by atoms with Crippen LogP contribution in [0.4, 0.5) is 5.69 Å². The van der Waals surface area contributed by atoms with E-state index in [-0.39, 0.29) is 6.61 Å². The number of aromatic nitrogens is 2. The fourth-order valence-corrected chi connectivity index (χ4v) is 2.83. The summed E-state index contributed by atoms with van der Waals surface area (Å²) in [5.41, 5.74) is 2.11. The van der Waals surface area contributed by atoms with Crippen molar-refractivity contribution in [2.75, 3.05) is 11.9 Å². The molecule has 0 aliphatic heterocycles. The summed E-state index contributed by atoms with van der Waals surface area (Å²) in [7, 11) is 0. The van der Waals surface area contributed by atoms with E-state index in [4.69, 9.17) is 9.84 Å². The van der Waals surface area contributed by atoms with E-state index < -0.39 is 0 Å². The molecule has 0 saturated heterocycles. The molecule has 2 aromatic rings. The highest BCUT2D eigenvalue weighted by Crippen LogP contribution is 2.27. The molecule has 0 radical (unpaired) electrons. The summed E-state index contributed by atoms with van der Waals surface area (Å²) in [4.78, 5) is 0. The van der Waals surface area contributed by atoms with Crippen molar-refractivity contribution in [1.82, 2.24) is 9.78 Å². The van der Waals surface area contributed by atoms with Crippen molar-refractivity contribution in [3.63, 3.8) is 0 Å². The molecule has 1 aromatic carbocycles. The first-order valence-electron chi connectivity index (χ1n) is 7.97. The van der Waals surface area contributed by atoms with Crippen LogP contribution in [0.25, 0.3) is 0 Å². The third kappa shape index (κ3) is 3.80. The van der Waals surface area contributed by atoms with Crippen molar-refractivity contribution in [2.24, 2.45) is 0 Å². The van der Waals surface area contributed by atoms with Crippen LogP contribution in [0.2, 0.25) is 0 Å². The van der Waals surface area contributed by atoms with Crippen LogP contribution in [-0.4, -0.2) is 27.6 Å². The maximum atomic E-state index is 8.91. The number of aliphatic hydroxyl groups is 1. The van der Waals surface area contributed by atoms with Gasteiger partial charge in [0, 0.05) is 18.3 Å². The monoisotopic (exact) mass is 301 g/mol. The molecule has 22 heavy (non-hydrogen) atoms. The molecule has 1 saturated carbocycles. The third-order valence-electron chi connectivity index (χ3n) is 4.01. The molecule has 1 aliphatic carbocycles. The number of nitrogens with zero attached hydrogens (tertiary/aromatic N) is 2. The van der Waals surface area contributed by atoms with E-state index in [2.05, 4.69) is 16.5 Å². The summed E-state index contributed by atoms with van der Waals surface area (Å²) < 4.78 is 7.87. The number of ether oxygens (including phenoxy) is 1. The average Bonchev–Trinajstić information content (AvgIpc) is 3.19. The number of hydrogen-bond donors (Lipinski definition) is 2. The van der Waals surface area contributed by atoms with Gasteiger partial charge in [0.2, 0.25) is 0 Å². The van der Waals surface area contributed by atoms with Crippen molar-refractivity contribution in [2.45, 2.75) is 44.9 Å². The molecule has 1 fully saturated rings. The van der Waals surface area contributed by atoms with Gasteiger partial charge in [-0.1, -0.05) is 18.2 Å². The predicted molar refractivity (Wildman–Crippen MR) is 86.0 cm³/mol. The molecule has 1 aromatic heterocycles. The lowest BCUT2D eigenvalue weighted by atomic mass is 10.2. The Kier molecular flexibility index (Phi) is 4.96. The number of benzene rings is 1. The van der Waals surface area contributed by atoms with E-state index in [0.717, 1.165) is 29.8 Å². The minimum Gasteiger partial charge on any atom is -0.490 e. The minimum atomic E-state index is 0.0964. The predicted octanol–water partition coefficient (Wildman–Crippen LogP) is 2.81. The summed E-state index contributed by atoms with van der Waals surface area (Å²) in [6.45, 7) is 1.32. The third-order valence-corrected chi connectivity index (χ3v) is 4.01. The van der Waals surface area contributed by atoms with E-state index in [0.29, 0.717) is 19.2 Å². The molecule has 1 aliphatic rings. The number of nitrogens with one attached hydrogen (secondary N) is 1. The van der Waals surface area contributed by atoms with Gasteiger partial charge in [0.1, 0.15) is 5.75 Å². The summed E-state index contributed by atoms with van der Waals surface area (Å²) in [6.07, 6.45) is 8.91. The Bertz CT molecular complexity index is 591. The van der Waals surface area contributed by atoms with Crippen molar-refractivity contribution >= 4 is 5.69 Å². The van der Waals surface area contributed by atoms with Gasteiger partial charge < -0.3 is 15.2 Å². The molecule has 0 amide bonds. The standard InChI is InChI=1S/C17H23N3O2/c21-10-9-20-13-15(12-19-20)18-11-14-5-1-4-8-17(14)22-16-6-2-3-7-16/h1,4-5,8,12-13,16,18,21H,2-3,6-7,9-11H2. The lowest BCUT2D eigenvalue weighted by Gasteiger charge is -2.16. The van der Waals surface area contributed by atoms with Gasteiger partial charge in [-0.05, 0) is 31.7 Å². The van der Waals surface area contributed by atoms with E-state index in [9.17, 15) is 0 Å². The zero-order valence-corrected chi connectivity index (χ0v) is 12.7. The highest BCUT2D eigenvalue weighted by atomic mass is 16.5. The van der Waals surface area contributed by atoms with Gasteiger partial charge in [0.05, 0.1) is 31.1 Å². The van der Waals surface area contributed by atoms with Gasteiger partial charge in [0.15, 0.2) is 0 Å². The first kappa shape index (κ1) is 14.9. The van der Waals surface area contributed by atoms with Crippen molar-refractivity contribution in [1.29, 1.82) is 0 Å². The first-order chi connectivity index (χ1) is 10.8. The van der Waals surface area contributed by atoms with Crippen LogP contribution in [0.5, 0.6) is 5.75 Å². The molecule has 0 spiro atoms. The maximum Gasteiger partial charge on any atom is 0.124 e. The number of anilines is 1. The highest BCUT2D eigenvalue weighted by Gasteiger charge is 2.17. The lowest BCUT2D eigenvalue weighted by Crippen LogP contribution is -2.13. The molecule has 0 unspecified atom stereocenters. The number of aliphatic hydroxyl groups excluding tert-OH is 1. The fourth-order valence-electron chi connectivity index (χ4n) is 2.83. The Balaban J connectivity index is 1.61. The quantitative estimate of drug-likeness (QED) is 0.825. The van der Waals surface area contributed by atoms with Crippen LogP contribution in [-0.2, 0) is 13.1 Å². The summed E-state index contributed by atoms with van der Waals surface area (Å²) >= 11 is 0. The van der Waals surface area contributed by atoms with Crippen molar-refractivity contribution in [3.05, 3.63) is 42.2 Å². The number of hydrogen-bond acceptors (Lipinski definition) is 4. The zero-order valence-electron chi connectivity index (χ0n) is 12.7. The molecule has 1 heterocycles. The Morgan fingerprint density at radius 3 is 2.91 bits per heavy atom. The largest absolute Gasteiger partial charge is 0.490 e. The van der Waals surface area contributed by atoms with Gasteiger partial charge in [-0.15, -0.1) is 0 Å². The van der Waals surface area contributed by atoms with Crippen LogP contribution in [0, 0.1) is 0 Å². The molecule has 2 N–H and O–H groups in total. The van der Waals surface area contributed by atoms with E-state index in [1.165, 1.54) is 12.8 Å². The van der Waals surface area contributed by atoms with Crippen LogP contribution in [0.1, 0.15) is 31.2 Å². The second kappa shape index (κ2) is 7.31. The van der Waals surface area contributed by atoms with Crippen LogP contribution in [0.15, 0.2) is 36.7 Å². The molecule has 5 heteroatoms. The van der Waals surface area contributed by atoms with Crippen molar-refractivity contribution in [3.8, 4) is 5.75 Å². The molecule has 3 rings (SSSR count). The van der Waals surface area contributed by atoms with Gasteiger partial charge in [0.25, 0.3) is 0 Å². The normalized spacial score (nSPS) is 15.1. The van der Waals surface area contributed by atoms with E-state index in [1.807, 2.05) is 24.4 Å². The van der Waals surface area contributed by atoms with Gasteiger partial charge in [-0.2, -0.15) is 5.10 Å². The van der Waals surface area contributed by atoms with Crippen LogP contribution < -0.4 is 10.1 Å². The van der Waals surface area contributed by atoms with Crippen LogP contribution >= 0.6 is 0 Å². The minimum absolute atomic E-state index is 0.0964. The first-order valence-corrected chi connectivity index (χ1v) is 7.97. The van der Waals surface area contributed by atoms with E-state index >= 15 is 0 Å². The SMILES string of the molecule is OCCn1cc(NCc2ccccc2OC2CCCC2)cn1. The van der Waals surface area contributed by atoms with Crippen LogP contribution in [0.3, 0.4) is 0 Å². The topological polar surface area (TPSA) is 59.3 Å². The molecular formula is C17H23N3O2. The summed E-state index contributed by atoms with van der Waals surface area (Å²) in [6, 6.07) is 8.20. The fraction of sp³-hybridized carbons (Fsp3) is 0.471. The van der Waals surface area contributed by atoms with Crippen molar-refractivity contribution < 1.29 is 9.84 Å². The Hall–Kier alpha value is -2.01. The summed E-state index contributed by atoms with van der Waals surface area (Å²) in [5.74, 6) is 0.977. The van der Waals surface area contributed by atoms with Gasteiger partial charge >= 0.3 is 0 Å². The maximum absolute atomic E-state index is 8.91. The van der Waals surface area contributed by atoms with E-state index in [1.54, 1.807) is 10.9 Å². The summed E-state index contributed by atoms with van der Waals surface area (Å²) in [5, 5.41) is 16.5. The van der Waals surface area contributed by atoms with Gasteiger partial charge in [-0.25, -0.2) is 0 Å². The Morgan fingerprint density at radius 1 is 1.27 bits per heavy atom. The average molecular weight is 301 g/mol. The second-order valence-electron chi connectivity index (χ2n) is 5.70. The smallest absolute Gasteiger partial charge is 0.124 e. The Morgan fingerprint density at radius 2 is 2.09 bits per heavy atom.